The molecule has 10 nitrogen and oxygen atoms in total. The van der Waals surface area contributed by atoms with Crippen LogP contribution in [-0.2, 0) is 0 Å². The molecule has 0 aliphatic rings. The van der Waals surface area contributed by atoms with Crippen LogP contribution in [0.5, 0.6) is 11.5 Å². The number of methoxy groups -OCH3 is 1. The van der Waals surface area contributed by atoms with Gasteiger partial charge < -0.3 is 14.0 Å². The van der Waals surface area contributed by atoms with Crippen molar-refractivity contribution in [3.8, 4) is 17.2 Å². The van der Waals surface area contributed by atoms with Gasteiger partial charge >= 0.3 is 5.97 Å². The van der Waals surface area contributed by atoms with E-state index in [9.17, 15) is 19.7 Å². The van der Waals surface area contributed by atoms with Crippen molar-refractivity contribution >= 4 is 23.3 Å². The summed E-state index contributed by atoms with van der Waals surface area (Å²) in [6.07, 6.45) is 3.83. The molecule has 0 fully saturated rings. The third kappa shape index (κ3) is 5.88. The number of nitro benzene ring substituents is 1. The van der Waals surface area contributed by atoms with E-state index in [1.54, 1.807) is 31.2 Å². The number of hydrazone groups is 1. The largest absolute Gasteiger partial charge is 0.493 e. The Labute approximate surface area is 211 Å². The zero-order valence-electron chi connectivity index (χ0n) is 20.0. The molecule has 3 aromatic carbocycles. The van der Waals surface area contributed by atoms with Gasteiger partial charge in [-0.25, -0.2) is 10.2 Å². The number of non-ortho nitro benzene ring substituents is 1. The van der Waals surface area contributed by atoms with Gasteiger partial charge in [0.1, 0.15) is 0 Å². The number of hydrogen-bond acceptors (Lipinski definition) is 7. The molecule has 0 aliphatic carbocycles. The van der Waals surface area contributed by atoms with Gasteiger partial charge in [0.15, 0.2) is 11.5 Å². The summed E-state index contributed by atoms with van der Waals surface area (Å²) < 4.78 is 12.7. The fourth-order valence-electron chi connectivity index (χ4n) is 3.41. The highest BCUT2D eigenvalue weighted by Gasteiger charge is 2.15. The lowest BCUT2D eigenvalue weighted by Crippen LogP contribution is -2.19. The van der Waals surface area contributed by atoms with Crippen molar-refractivity contribution in [1.29, 1.82) is 0 Å². The molecule has 0 bridgehead atoms. The zero-order chi connectivity index (χ0) is 26.4. The minimum absolute atomic E-state index is 0.130. The highest BCUT2D eigenvalue weighted by atomic mass is 16.6. The van der Waals surface area contributed by atoms with Crippen LogP contribution < -0.4 is 14.9 Å². The first-order valence-electron chi connectivity index (χ1n) is 11.1. The molecule has 0 atom stereocenters. The van der Waals surface area contributed by atoms with Crippen molar-refractivity contribution in [1.82, 2.24) is 9.99 Å². The molecule has 4 aromatic rings. The van der Waals surface area contributed by atoms with E-state index in [1.165, 1.54) is 37.4 Å². The lowest BCUT2D eigenvalue weighted by Gasteiger charge is -2.11. The summed E-state index contributed by atoms with van der Waals surface area (Å²) in [5.74, 6) is -0.621. The number of benzene rings is 3. The van der Waals surface area contributed by atoms with E-state index in [-0.39, 0.29) is 28.7 Å². The van der Waals surface area contributed by atoms with Crippen molar-refractivity contribution in [2.75, 3.05) is 7.11 Å². The van der Waals surface area contributed by atoms with Gasteiger partial charge in [-0.05, 0) is 73.7 Å². The Morgan fingerprint density at radius 1 is 0.892 bits per heavy atom. The van der Waals surface area contributed by atoms with Crippen LogP contribution in [0.15, 0.2) is 96.4 Å². The van der Waals surface area contributed by atoms with E-state index in [2.05, 4.69) is 10.5 Å². The Balaban J connectivity index is 1.42. The highest BCUT2D eigenvalue weighted by Crippen LogP contribution is 2.29. The predicted octanol–water partition coefficient (Wildman–Crippen LogP) is 4.77. The average Bonchev–Trinajstić information content (AvgIpc) is 3.47. The summed E-state index contributed by atoms with van der Waals surface area (Å²) in [6, 6.07) is 20.9. The molecule has 0 radical (unpaired) electrons. The summed E-state index contributed by atoms with van der Waals surface area (Å²) in [7, 11) is 1.42. The smallest absolute Gasteiger partial charge is 0.343 e. The number of esters is 1. The maximum Gasteiger partial charge on any atom is 0.343 e. The Hall–Kier alpha value is -5.25. The molecule has 0 aliphatic heterocycles. The topological polar surface area (TPSA) is 125 Å². The van der Waals surface area contributed by atoms with Crippen molar-refractivity contribution < 1.29 is 24.0 Å². The van der Waals surface area contributed by atoms with Crippen LogP contribution in [0.25, 0.3) is 5.69 Å². The Morgan fingerprint density at radius 3 is 2.14 bits per heavy atom. The number of amides is 1. The number of nitrogens with zero attached hydrogens (tertiary/aromatic N) is 3. The standard InChI is InChI=1S/C27H22N4O6/c1-18(28-29-26(32)19-5-10-22(11-6-19)30-15-3-4-16-30)21-9-14-24(25(17-21)36-2)37-27(33)20-7-12-23(13-8-20)31(34)35/h3-17H,1-2H3,(H,29,32). The Kier molecular flexibility index (Phi) is 7.39. The predicted molar refractivity (Wildman–Crippen MR) is 136 cm³/mol. The summed E-state index contributed by atoms with van der Waals surface area (Å²) >= 11 is 0. The first-order chi connectivity index (χ1) is 17.9. The van der Waals surface area contributed by atoms with Crippen molar-refractivity contribution in [2.24, 2.45) is 5.10 Å². The monoisotopic (exact) mass is 498 g/mol. The molecule has 186 valence electrons. The molecule has 1 aromatic heterocycles. The third-order valence-electron chi connectivity index (χ3n) is 5.46. The van der Waals surface area contributed by atoms with Crippen LogP contribution in [0, 0.1) is 10.1 Å². The number of ether oxygens (including phenoxy) is 2. The normalized spacial score (nSPS) is 11.0. The molecule has 37 heavy (non-hydrogen) atoms. The Bertz CT molecular complexity index is 1460. The van der Waals surface area contributed by atoms with E-state index in [1.807, 2.05) is 41.2 Å². The van der Waals surface area contributed by atoms with Gasteiger partial charge in [0, 0.05) is 41.3 Å². The SMILES string of the molecule is COc1cc(C(C)=NNC(=O)c2ccc(-n3cccc3)cc2)ccc1OC(=O)c1ccc([N+](=O)[O-])cc1. The minimum atomic E-state index is -0.693. The number of rotatable bonds is 8. The second kappa shape index (κ2) is 11.0. The van der Waals surface area contributed by atoms with E-state index < -0.39 is 10.9 Å². The van der Waals surface area contributed by atoms with Gasteiger partial charge in [-0.2, -0.15) is 5.10 Å². The van der Waals surface area contributed by atoms with Crippen molar-refractivity contribution in [3.05, 3.63) is 118 Å². The number of aromatic nitrogens is 1. The van der Waals surface area contributed by atoms with Gasteiger partial charge in [0.05, 0.1) is 23.3 Å². The van der Waals surface area contributed by atoms with Gasteiger partial charge in [-0.1, -0.05) is 0 Å². The lowest BCUT2D eigenvalue weighted by molar-refractivity contribution is -0.384. The van der Waals surface area contributed by atoms with Crippen molar-refractivity contribution in [3.63, 3.8) is 0 Å². The van der Waals surface area contributed by atoms with Crippen LogP contribution in [0.3, 0.4) is 0 Å². The maximum atomic E-state index is 12.5. The maximum absolute atomic E-state index is 12.5. The Morgan fingerprint density at radius 2 is 1.51 bits per heavy atom. The molecule has 0 saturated heterocycles. The number of hydrogen-bond donors (Lipinski definition) is 1. The summed E-state index contributed by atoms with van der Waals surface area (Å²) in [4.78, 5) is 35.2. The second-order valence-corrected chi connectivity index (χ2v) is 7.83. The minimum Gasteiger partial charge on any atom is -0.493 e. The van der Waals surface area contributed by atoms with Crippen molar-refractivity contribution in [2.45, 2.75) is 6.92 Å². The number of nitro groups is 1. The van der Waals surface area contributed by atoms with Gasteiger partial charge in [0.2, 0.25) is 0 Å². The molecule has 0 unspecified atom stereocenters. The van der Waals surface area contributed by atoms with Crippen LogP contribution in [0.1, 0.15) is 33.2 Å². The quantitative estimate of drug-likeness (QED) is 0.123. The summed E-state index contributed by atoms with van der Waals surface area (Å²) in [5, 5.41) is 15.0. The van der Waals surface area contributed by atoms with Gasteiger partial charge in [-0.3, -0.25) is 14.9 Å². The van der Waals surface area contributed by atoms with Gasteiger partial charge in [-0.15, -0.1) is 0 Å². The molecule has 0 spiro atoms. The van der Waals surface area contributed by atoms with Crippen LogP contribution in [0.4, 0.5) is 5.69 Å². The lowest BCUT2D eigenvalue weighted by atomic mass is 10.1. The third-order valence-corrected chi connectivity index (χ3v) is 5.46. The van der Waals surface area contributed by atoms with Crippen LogP contribution in [-0.4, -0.2) is 34.2 Å². The summed E-state index contributed by atoms with van der Waals surface area (Å²) in [5.41, 5.74) is 5.09. The molecule has 0 saturated carbocycles. The highest BCUT2D eigenvalue weighted by molar-refractivity contribution is 6.01. The number of nitrogens with one attached hydrogen (secondary N) is 1. The second-order valence-electron chi connectivity index (χ2n) is 7.83. The summed E-state index contributed by atoms with van der Waals surface area (Å²) in [6.45, 7) is 1.72. The van der Waals surface area contributed by atoms with E-state index in [4.69, 9.17) is 9.47 Å². The molecular weight excluding hydrogens is 476 g/mol. The average molecular weight is 498 g/mol. The fourth-order valence-corrected chi connectivity index (χ4v) is 3.41. The van der Waals surface area contributed by atoms with Crippen LogP contribution >= 0.6 is 0 Å². The molecule has 1 N–H and O–H groups in total. The molecule has 10 heteroatoms. The number of carbonyl (C=O) groups excluding carboxylic acids is 2. The zero-order valence-corrected chi connectivity index (χ0v) is 20.0. The molecular formula is C27H22N4O6. The van der Waals surface area contributed by atoms with Crippen LogP contribution in [0.2, 0.25) is 0 Å². The van der Waals surface area contributed by atoms with E-state index >= 15 is 0 Å². The molecule has 1 heterocycles. The van der Waals surface area contributed by atoms with E-state index in [0.29, 0.717) is 16.8 Å². The number of carbonyl (C=O) groups is 2. The molecule has 1 amide bonds. The van der Waals surface area contributed by atoms with Gasteiger partial charge in [0.25, 0.3) is 11.6 Å². The molecule has 4 rings (SSSR count). The first kappa shape index (κ1) is 24.9. The fraction of sp³-hybridized carbons (Fsp3) is 0.0741. The first-order valence-corrected chi connectivity index (χ1v) is 11.1. The van der Waals surface area contributed by atoms with E-state index in [0.717, 1.165) is 5.69 Å².